The van der Waals surface area contributed by atoms with Crippen LogP contribution in [0.1, 0.15) is 22.6 Å². The summed E-state index contributed by atoms with van der Waals surface area (Å²) in [5.74, 6) is 0.439. The number of thiazole rings is 1. The molecule has 4 rings (SSSR count). The van der Waals surface area contributed by atoms with E-state index in [0.717, 1.165) is 21.9 Å². The number of anilines is 1. The van der Waals surface area contributed by atoms with Crippen molar-refractivity contribution in [2.45, 2.75) is 33.3 Å². The predicted octanol–water partition coefficient (Wildman–Crippen LogP) is 3.18. The van der Waals surface area contributed by atoms with Crippen LogP contribution in [0.25, 0.3) is 10.2 Å². The number of benzene rings is 1. The summed E-state index contributed by atoms with van der Waals surface area (Å²) in [5, 5.41) is 4.85. The van der Waals surface area contributed by atoms with E-state index >= 15 is 0 Å². The maximum Gasteiger partial charge on any atom is 0.310 e. The quantitative estimate of drug-likeness (QED) is 0.668. The number of aryl methyl sites for hydroxylation is 3. The molecular weight excluding hydrogens is 338 g/mol. The van der Waals surface area contributed by atoms with Crippen LogP contribution < -0.4 is 4.90 Å². The highest BCUT2D eigenvalue weighted by Gasteiger charge is 2.32. The lowest BCUT2D eigenvalue weighted by molar-refractivity contribution is -0.149. The van der Waals surface area contributed by atoms with E-state index in [-0.39, 0.29) is 18.5 Å². The Morgan fingerprint density at radius 2 is 2.16 bits per heavy atom. The van der Waals surface area contributed by atoms with Gasteiger partial charge >= 0.3 is 5.97 Å². The number of carbonyl (C=O) groups excluding carboxylic acids is 1. The number of esters is 1. The second-order valence-corrected chi connectivity index (χ2v) is 7.42. The molecule has 0 N–H and O–H groups in total. The molecule has 0 amide bonds. The van der Waals surface area contributed by atoms with Crippen molar-refractivity contribution >= 4 is 32.7 Å². The van der Waals surface area contributed by atoms with Crippen LogP contribution in [0.5, 0.6) is 0 Å². The standard InChI is InChI=1S/C18H19N3O3S/c1-10-5-4-6-15-17(10)19-18(25-15)21-8-13(9-21)23-16(22)7-14-11(2)20-24-12(14)3/h4-6,13H,7-9H2,1-3H3. The minimum atomic E-state index is -0.237. The van der Waals surface area contributed by atoms with Crippen molar-refractivity contribution in [2.75, 3.05) is 18.0 Å². The van der Waals surface area contributed by atoms with E-state index in [9.17, 15) is 4.79 Å². The summed E-state index contributed by atoms with van der Waals surface area (Å²) < 4.78 is 11.8. The van der Waals surface area contributed by atoms with Crippen LogP contribution in [0.3, 0.4) is 0 Å². The Morgan fingerprint density at radius 1 is 1.36 bits per heavy atom. The van der Waals surface area contributed by atoms with Gasteiger partial charge in [0.1, 0.15) is 11.9 Å². The van der Waals surface area contributed by atoms with Gasteiger partial charge in [0, 0.05) is 5.56 Å². The Kier molecular flexibility index (Phi) is 3.95. The molecule has 0 bridgehead atoms. The Hall–Kier alpha value is -2.41. The molecule has 3 aromatic rings. The molecule has 130 valence electrons. The molecule has 1 aromatic carbocycles. The summed E-state index contributed by atoms with van der Waals surface area (Å²) in [7, 11) is 0. The molecule has 0 aliphatic carbocycles. The summed E-state index contributed by atoms with van der Waals surface area (Å²) in [6, 6.07) is 6.21. The lowest BCUT2D eigenvalue weighted by Crippen LogP contribution is -2.53. The van der Waals surface area contributed by atoms with Crippen molar-refractivity contribution < 1.29 is 14.1 Å². The predicted molar refractivity (Wildman–Crippen MR) is 96.1 cm³/mol. The van der Waals surface area contributed by atoms with Crippen molar-refractivity contribution in [3.05, 3.63) is 40.8 Å². The maximum atomic E-state index is 12.1. The van der Waals surface area contributed by atoms with Gasteiger partial charge in [-0.05, 0) is 32.4 Å². The van der Waals surface area contributed by atoms with E-state index in [1.54, 1.807) is 11.3 Å². The fourth-order valence-corrected chi connectivity index (χ4v) is 4.07. The number of carbonyl (C=O) groups is 1. The van der Waals surface area contributed by atoms with Crippen molar-refractivity contribution in [1.29, 1.82) is 0 Å². The smallest absolute Gasteiger partial charge is 0.310 e. The molecule has 25 heavy (non-hydrogen) atoms. The Labute approximate surface area is 149 Å². The van der Waals surface area contributed by atoms with Crippen LogP contribution in [0.2, 0.25) is 0 Å². The van der Waals surface area contributed by atoms with E-state index in [4.69, 9.17) is 14.2 Å². The number of para-hydroxylation sites is 1. The summed E-state index contributed by atoms with van der Waals surface area (Å²) in [6.07, 6.45) is 0.124. The van der Waals surface area contributed by atoms with Crippen LogP contribution in [0.4, 0.5) is 5.13 Å². The SMILES string of the molecule is Cc1noc(C)c1CC(=O)OC1CN(c2nc3c(C)cccc3s2)C1. The molecule has 1 aliphatic heterocycles. The van der Waals surface area contributed by atoms with Crippen LogP contribution in [-0.2, 0) is 16.0 Å². The summed E-state index contributed by atoms with van der Waals surface area (Å²) in [4.78, 5) is 19.0. The molecule has 0 radical (unpaired) electrons. The van der Waals surface area contributed by atoms with Gasteiger partial charge in [0.25, 0.3) is 0 Å². The second-order valence-electron chi connectivity index (χ2n) is 6.41. The summed E-state index contributed by atoms with van der Waals surface area (Å²) >= 11 is 1.68. The number of hydrogen-bond donors (Lipinski definition) is 0. The Balaban J connectivity index is 1.35. The highest BCUT2D eigenvalue weighted by Crippen LogP contribution is 2.33. The minimum absolute atomic E-state index is 0.0823. The summed E-state index contributed by atoms with van der Waals surface area (Å²) in [6.45, 7) is 7.09. The molecule has 1 saturated heterocycles. The van der Waals surface area contributed by atoms with Crippen molar-refractivity contribution in [2.24, 2.45) is 0 Å². The molecule has 1 aliphatic rings. The first kappa shape index (κ1) is 16.1. The fourth-order valence-electron chi connectivity index (χ4n) is 3.00. The molecule has 0 unspecified atom stereocenters. The third kappa shape index (κ3) is 3.00. The molecule has 3 heterocycles. The lowest BCUT2D eigenvalue weighted by atomic mass is 10.1. The molecular formula is C18H19N3O3S. The number of hydrogen-bond acceptors (Lipinski definition) is 7. The highest BCUT2D eigenvalue weighted by molar-refractivity contribution is 7.22. The number of aromatic nitrogens is 2. The third-order valence-corrected chi connectivity index (χ3v) is 5.61. The average molecular weight is 357 g/mol. The molecule has 6 nitrogen and oxygen atoms in total. The van der Waals surface area contributed by atoms with Gasteiger partial charge in [-0.15, -0.1) is 0 Å². The van der Waals surface area contributed by atoms with E-state index in [2.05, 4.69) is 35.2 Å². The van der Waals surface area contributed by atoms with E-state index in [1.807, 2.05) is 13.8 Å². The number of ether oxygens (including phenoxy) is 1. The average Bonchev–Trinajstić information content (AvgIpc) is 3.10. The zero-order valence-electron chi connectivity index (χ0n) is 14.4. The van der Waals surface area contributed by atoms with Gasteiger partial charge in [0.15, 0.2) is 5.13 Å². The molecule has 0 atom stereocenters. The highest BCUT2D eigenvalue weighted by atomic mass is 32.1. The zero-order valence-corrected chi connectivity index (χ0v) is 15.2. The Morgan fingerprint density at radius 3 is 2.84 bits per heavy atom. The van der Waals surface area contributed by atoms with Gasteiger partial charge < -0.3 is 14.2 Å². The topological polar surface area (TPSA) is 68.5 Å². The van der Waals surface area contributed by atoms with Crippen molar-refractivity contribution in [3.63, 3.8) is 0 Å². The van der Waals surface area contributed by atoms with Gasteiger partial charge in [0.2, 0.25) is 0 Å². The van der Waals surface area contributed by atoms with Crippen LogP contribution in [0, 0.1) is 20.8 Å². The third-order valence-electron chi connectivity index (χ3n) is 4.53. The van der Waals surface area contributed by atoms with E-state index in [1.165, 1.54) is 10.3 Å². The first-order chi connectivity index (χ1) is 12.0. The van der Waals surface area contributed by atoms with Crippen LogP contribution in [-0.4, -0.2) is 35.3 Å². The molecule has 7 heteroatoms. The first-order valence-electron chi connectivity index (χ1n) is 8.23. The molecule has 1 fully saturated rings. The first-order valence-corrected chi connectivity index (χ1v) is 9.05. The molecule has 2 aromatic heterocycles. The number of rotatable bonds is 4. The van der Waals surface area contributed by atoms with Crippen LogP contribution in [0.15, 0.2) is 22.7 Å². The van der Waals surface area contributed by atoms with E-state index in [0.29, 0.717) is 18.8 Å². The maximum absolute atomic E-state index is 12.1. The normalized spacial score (nSPS) is 14.8. The minimum Gasteiger partial charge on any atom is -0.458 e. The Bertz CT molecular complexity index is 921. The zero-order chi connectivity index (χ0) is 17.6. The van der Waals surface area contributed by atoms with Crippen molar-refractivity contribution in [1.82, 2.24) is 10.1 Å². The number of fused-ring (bicyclic) bond motifs is 1. The second kappa shape index (κ2) is 6.15. The van der Waals surface area contributed by atoms with Gasteiger partial charge in [-0.25, -0.2) is 4.98 Å². The molecule has 0 saturated carbocycles. The van der Waals surface area contributed by atoms with Gasteiger partial charge in [-0.1, -0.05) is 28.6 Å². The monoisotopic (exact) mass is 357 g/mol. The van der Waals surface area contributed by atoms with Crippen molar-refractivity contribution in [3.8, 4) is 0 Å². The fraction of sp³-hybridized carbons (Fsp3) is 0.389. The lowest BCUT2D eigenvalue weighted by Gasteiger charge is -2.38. The van der Waals surface area contributed by atoms with E-state index < -0.39 is 0 Å². The summed E-state index contributed by atoms with van der Waals surface area (Å²) in [5.41, 5.74) is 3.81. The van der Waals surface area contributed by atoms with Gasteiger partial charge in [0.05, 0.1) is 35.4 Å². The van der Waals surface area contributed by atoms with Gasteiger partial charge in [-0.2, -0.15) is 0 Å². The van der Waals surface area contributed by atoms with Gasteiger partial charge in [-0.3, -0.25) is 4.79 Å². The molecule has 0 spiro atoms. The number of nitrogens with zero attached hydrogens (tertiary/aromatic N) is 3. The largest absolute Gasteiger partial charge is 0.458 e. The van der Waals surface area contributed by atoms with Crippen LogP contribution >= 0.6 is 11.3 Å².